The summed E-state index contributed by atoms with van der Waals surface area (Å²) in [7, 11) is 0. The Labute approximate surface area is 126 Å². The van der Waals surface area contributed by atoms with Gasteiger partial charge in [-0.25, -0.2) is 0 Å². The van der Waals surface area contributed by atoms with E-state index in [1.165, 1.54) is 16.7 Å². The molecular weight excluding hydrogens is 258 g/mol. The molecule has 1 heterocycles. The lowest BCUT2D eigenvalue weighted by molar-refractivity contribution is -0.119. The Morgan fingerprint density at radius 1 is 1.10 bits per heavy atom. The summed E-state index contributed by atoms with van der Waals surface area (Å²) in [5, 5.41) is 0. The maximum Gasteiger partial charge on any atom is 0.234 e. The third-order valence-electron chi connectivity index (χ3n) is 4.17. The van der Waals surface area contributed by atoms with Gasteiger partial charge in [0.1, 0.15) is 0 Å². The molecule has 21 heavy (non-hydrogen) atoms. The van der Waals surface area contributed by atoms with Gasteiger partial charge in [-0.05, 0) is 30.5 Å². The van der Waals surface area contributed by atoms with Gasteiger partial charge < -0.3 is 4.90 Å². The van der Waals surface area contributed by atoms with Gasteiger partial charge >= 0.3 is 0 Å². The van der Waals surface area contributed by atoms with Crippen LogP contribution in [0.4, 0.5) is 5.69 Å². The van der Waals surface area contributed by atoms with Crippen molar-refractivity contribution in [2.45, 2.75) is 39.2 Å². The van der Waals surface area contributed by atoms with E-state index in [0.717, 1.165) is 18.5 Å². The second-order valence-electron chi connectivity index (χ2n) is 5.81. The number of nitrogens with zero attached hydrogens (tertiary/aromatic N) is 1. The molecule has 1 atom stereocenters. The number of carbonyl (C=O) groups excluding carboxylic acids is 1. The second kappa shape index (κ2) is 5.72. The lowest BCUT2D eigenvalue weighted by Gasteiger charge is -2.18. The molecule has 3 rings (SSSR count). The SMILES string of the molecule is CCCC1C(=O)N(Cc2ccccc2)c2ccc(C)cc21. The van der Waals surface area contributed by atoms with Crippen molar-refractivity contribution >= 4 is 11.6 Å². The Hall–Kier alpha value is -2.09. The Bertz CT molecular complexity index is 648. The van der Waals surface area contributed by atoms with Crippen LogP contribution in [0.5, 0.6) is 0 Å². The summed E-state index contributed by atoms with van der Waals surface area (Å²) in [6.07, 6.45) is 1.96. The number of benzene rings is 2. The number of hydrogen-bond acceptors (Lipinski definition) is 1. The van der Waals surface area contributed by atoms with Gasteiger partial charge in [0.05, 0.1) is 12.5 Å². The van der Waals surface area contributed by atoms with Crippen molar-refractivity contribution in [2.75, 3.05) is 4.90 Å². The fourth-order valence-corrected chi connectivity index (χ4v) is 3.14. The number of fused-ring (bicyclic) bond motifs is 1. The summed E-state index contributed by atoms with van der Waals surface area (Å²) in [5.74, 6) is 0.287. The molecule has 0 bridgehead atoms. The van der Waals surface area contributed by atoms with E-state index in [9.17, 15) is 4.79 Å². The molecule has 0 aliphatic carbocycles. The summed E-state index contributed by atoms with van der Waals surface area (Å²) < 4.78 is 0. The van der Waals surface area contributed by atoms with E-state index in [-0.39, 0.29) is 11.8 Å². The highest BCUT2D eigenvalue weighted by Gasteiger charge is 2.36. The molecule has 2 aromatic rings. The largest absolute Gasteiger partial charge is 0.307 e. The Balaban J connectivity index is 1.97. The highest BCUT2D eigenvalue weighted by Crippen LogP contribution is 2.41. The molecule has 1 amide bonds. The summed E-state index contributed by atoms with van der Waals surface area (Å²) in [4.78, 5) is 14.7. The average Bonchev–Trinajstić information content (AvgIpc) is 2.74. The zero-order chi connectivity index (χ0) is 14.8. The van der Waals surface area contributed by atoms with Gasteiger partial charge in [-0.3, -0.25) is 4.79 Å². The van der Waals surface area contributed by atoms with Gasteiger partial charge in [0.2, 0.25) is 5.91 Å². The molecule has 0 radical (unpaired) electrons. The van der Waals surface area contributed by atoms with E-state index in [0.29, 0.717) is 6.54 Å². The van der Waals surface area contributed by atoms with Crippen LogP contribution in [0.25, 0.3) is 0 Å². The maximum atomic E-state index is 12.8. The van der Waals surface area contributed by atoms with E-state index >= 15 is 0 Å². The minimum atomic E-state index is 0.0358. The van der Waals surface area contributed by atoms with Crippen molar-refractivity contribution in [3.8, 4) is 0 Å². The van der Waals surface area contributed by atoms with E-state index in [4.69, 9.17) is 0 Å². The normalized spacial score (nSPS) is 17.1. The Kier molecular flexibility index (Phi) is 3.78. The van der Waals surface area contributed by atoms with Crippen LogP contribution < -0.4 is 4.90 Å². The molecule has 0 saturated carbocycles. The van der Waals surface area contributed by atoms with Crippen LogP contribution in [0, 0.1) is 6.92 Å². The number of amides is 1. The molecule has 1 aliphatic heterocycles. The van der Waals surface area contributed by atoms with Gasteiger partial charge in [0.25, 0.3) is 0 Å². The van der Waals surface area contributed by atoms with E-state index < -0.39 is 0 Å². The van der Waals surface area contributed by atoms with Crippen LogP contribution in [-0.2, 0) is 11.3 Å². The second-order valence-corrected chi connectivity index (χ2v) is 5.81. The molecule has 0 spiro atoms. The van der Waals surface area contributed by atoms with Crippen molar-refractivity contribution in [3.05, 3.63) is 65.2 Å². The fraction of sp³-hybridized carbons (Fsp3) is 0.316. The van der Waals surface area contributed by atoms with Gasteiger partial charge in [-0.2, -0.15) is 0 Å². The van der Waals surface area contributed by atoms with Gasteiger partial charge in [0.15, 0.2) is 0 Å². The molecule has 0 aromatic heterocycles. The number of hydrogen-bond donors (Lipinski definition) is 0. The van der Waals surface area contributed by atoms with Crippen LogP contribution in [0.15, 0.2) is 48.5 Å². The van der Waals surface area contributed by atoms with E-state index in [1.807, 2.05) is 23.1 Å². The first kappa shape index (κ1) is 13.9. The molecule has 1 unspecified atom stereocenters. The van der Waals surface area contributed by atoms with Gasteiger partial charge in [0, 0.05) is 5.69 Å². The highest BCUT2D eigenvalue weighted by atomic mass is 16.2. The quantitative estimate of drug-likeness (QED) is 0.811. The zero-order valence-corrected chi connectivity index (χ0v) is 12.7. The summed E-state index contributed by atoms with van der Waals surface area (Å²) in [6.45, 7) is 4.90. The molecule has 0 saturated heterocycles. The number of carbonyl (C=O) groups is 1. The van der Waals surface area contributed by atoms with Crippen LogP contribution in [0.2, 0.25) is 0 Å². The third kappa shape index (κ3) is 2.58. The minimum absolute atomic E-state index is 0.0358. The number of anilines is 1. The highest BCUT2D eigenvalue weighted by molar-refractivity contribution is 6.04. The maximum absolute atomic E-state index is 12.8. The molecule has 2 aromatic carbocycles. The predicted molar refractivity (Wildman–Crippen MR) is 86.5 cm³/mol. The van der Waals surface area contributed by atoms with Crippen LogP contribution in [-0.4, -0.2) is 5.91 Å². The smallest absolute Gasteiger partial charge is 0.234 e. The summed E-state index contributed by atoms with van der Waals surface area (Å²) in [6, 6.07) is 16.6. The van der Waals surface area contributed by atoms with E-state index in [2.05, 4.69) is 44.2 Å². The lowest BCUT2D eigenvalue weighted by atomic mass is 9.95. The standard InChI is InChI=1S/C19H21NO/c1-3-7-16-17-12-14(2)10-11-18(17)20(19(16)21)13-15-8-5-4-6-9-15/h4-6,8-12,16H,3,7,13H2,1-2H3. The van der Waals surface area contributed by atoms with Crippen molar-refractivity contribution in [3.63, 3.8) is 0 Å². The van der Waals surface area contributed by atoms with Crippen molar-refractivity contribution in [2.24, 2.45) is 0 Å². The average molecular weight is 279 g/mol. The number of aryl methyl sites for hydroxylation is 1. The first-order valence-electron chi connectivity index (χ1n) is 7.66. The zero-order valence-electron chi connectivity index (χ0n) is 12.7. The molecule has 2 heteroatoms. The molecular formula is C19H21NO. The third-order valence-corrected chi connectivity index (χ3v) is 4.17. The monoisotopic (exact) mass is 279 g/mol. The minimum Gasteiger partial charge on any atom is -0.307 e. The van der Waals surface area contributed by atoms with Gasteiger partial charge in [-0.15, -0.1) is 0 Å². The van der Waals surface area contributed by atoms with Crippen LogP contribution in [0.1, 0.15) is 42.4 Å². The molecule has 2 nitrogen and oxygen atoms in total. The first-order valence-corrected chi connectivity index (χ1v) is 7.66. The molecule has 0 N–H and O–H groups in total. The van der Waals surface area contributed by atoms with Crippen LogP contribution in [0.3, 0.4) is 0 Å². The molecule has 108 valence electrons. The topological polar surface area (TPSA) is 20.3 Å². The Morgan fingerprint density at radius 2 is 1.86 bits per heavy atom. The lowest BCUT2D eigenvalue weighted by Crippen LogP contribution is -2.28. The first-order chi connectivity index (χ1) is 10.2. The van der Waals surface area contributed by atoms with E-state index in [1.54, 1.807) is 0 Å². The molecule has 1 aliphatic rings. The van der Waals surface area contributed by atoms with Crippen molar-refractivity contribution in [1.29, 1.82) is 0 Å². The fourth-order valence-electron chi connectivity index (χ4n) is 3.14. The van der Waals surface area contributed by atoms with Crippen molar-refractivity contribution < 1.29 is 4.79 Å². The van der Waals surface area contributed by atoms with Crippen LogP contribution >= 0.6 is 0 Å². The van der Waals surface area contributed by atoms with Gasteiger partial charge in [-0.1, -0.05) is 61.4 Å². The van der Waals surface area contributed by atoms with Crippen molar-refractivity contribution in [1.82, 2.24) is 0 Å². The predicted octanol–water partition coefficient (Wildman–Crippen LogP) is 4.43. The Morgan fingerprint density at radius 3 is 2.57 bits per heavy atom. The number of rotatable bonds is 4. The summed E-state index contributed by atoms with van der Waals surface area (Å²) in [5.41, 5.74) is 4.70. The molecule has 0 fully saturated rings. The summed E-state index contributed by atoms with van der Waals surface area (Å²) >= 11 is 0.